The van der Waals surface area contributed by atoms with Crippen LogP contribution in [-0.2, 0) is 15.8 Å². The minimum absolute atomic E-state index is 0.0758. The predicted molar refractivity (Wildman–Crippen MR) is 222 cm³/mol. The topological polar surface area (TPSA) is 168 Å². The van der Waals surface area contributed by atoms with Gasteiger partial charge in [-0.3, -0.25) is 38.9 Å². The number of pyridine rings is 1. The highest BCUT2D eigenvalue weighted by molar-refractivity contribution is 6.25. The number of amides is 5. The van der Waals surface area contributed by atoms with Crippen LogP contribution in [0.25, 0.3) is 10.9 Å². The number of hydrogen-bond acceptors (Lipinski definition) is 10. The maximum absolute atomic E-state index is 13.6. The molecule has 1 spiro atoms. The molecule has 2 saturated carbocycles. The SMILES string of the molecule is CC(C)Oc1cc2nn([C@H]3CC[C@H](CN4CCC5(CC4)CC(Nc4cccc6c4C(=O)N(C4CCC(=O)NC4=O)C6=O)C5)CC3)cc2cc1NC(=O)c1cccc(C(F)(F)F)n1. The van der Waals surface area contributed by atoms with Crippen LogP contribution in [0.15, 0.2) is 54.7 Å². The van der Waals surface area contributed by atoms with E-state index >= 15 is 0 Å². The molecule has 3 N–H and O–H groups in total. The highest BCUT2D eigenvalue weighted by Gasteiger charge is 2.49. The summed E-state index contributed by atoms with van der Waals surface area (Å²) in [7, 11) is 0. The summed E-state index contributed by atoms with van der Waals surface area (Å²) >= 11 is 0. The number of ether oxygens (including phenoxy) is 1. The number of nitrogens with zero attached hydrogens (tertiary/aromatic N) is 5. The number of carbonyl (C=O) groups is 5. The van der Waals surface area contributed by atoms with E-state index in [9.17, 15) is 37.1 Å². The summed E-state index contributed by atoms with van der Waals surface area (Å²) in [6, 6.07) is 11.3. The number of rotatable bonds is 10. The number of halogens is 3. The molecule has 62 heavy (non-hydrogen) atoms. The lowest BCUT2D eigenvalue weighted by Gasteiger charge is -2.53. The molecule has 1 atom stereocenters. The third-order valence-electron chi connectivity index (χ3n) is 13.3. The molecule has 4 aromatic rings. The number of alkyl halides is 3. The van der Waals surface area contributed by atoms with E-state index in [4.69, 9.17) is 9.84 Å². The van der Waals surface area contributed by atoms with E-state index in [1.54, 1.807) is 24.3 Å². The lowest BCUT2D eigenvalue weighted by molar-refractivity contribution is -0.141. The van der Waals surface area contributed by atoms with Crippen LogP contribution >= 0.6 is 0 Å². The summed E-state index contributed by atoms with van der Waals surface area (Å²) in [5.41, 5.74) is 0.961. The van der Waals surface area contributed by atoms with Gasteiger partial charge in [-0.25, -0.2) is 4.98 Å². The summed E-state index contributed by atoms with van der Waals surface area (Å²) < 4.78 is 47.8. The molecule has 2 saturated heterocycles. The van der Waals surface area contributed by atoms with Gasteiger partial charge < -0.3 is 20.3 Å². The third-order valence-corrected chi connectivity index (χ3v) is 13.3. The lowest BCUT2D eigenvalue weighted by atomic mass is 9.60. The lowest BCUT2D eigenvalue weighted by Crippen LogP contribution is -2.54. The Kier molecular flexibility index (Phi) is 10.8. The smallest absolute Gasteiger partial charge is 0.433 e. The quantitative estimate of drug-likeness (QED) is 0.142. The molecular weight excluding hydrogens is 806 g/mol. The standard InChI is InChI=1S/C45H49F3N8O6/c1-25(2)62-36-20-33-27(19-34(36)51-40(58)32-7-4-8-37(50-32)45(46,47)48)24-55(53-33)29-11-9-26(10-12-29)23-54-17-15-44(16-18-54)21-28(22-44)49-31-6-3-5-30-39(31)43(61)56(42(30)60)35-13-14-38(57)52-41(35)59/h3-8,19-20,24-26,28-29,35,49H,9-18,21-23H2,1-2H3,(H,51,58)(H,52,57,59)/t26-,29-,35?. The number of aromatic nitrogens is 3. The molecule has 2 aromatic heterocycles. The molecule has 2 aromatic carbocycles. The van der Waals surface area contributed by atoms with Gasteiger partial charge in [0, 0.05) is 42.3 Å². The normalized spacial score (nSPS) is 23.1. The van der Waals surface area contributed by atoms with Gasteiger partial charge in [0.1, 0.15) is 23.2 Å². The number of hydrogen-bond donors (Lipinski definition) is 3. The zero-order valence-electron chi connectivity index (χ0n) is 34.6. The first-order chi connectivity index (χ1) is 29.6. The second-order valence-electron chi connectivity index (χ2n) is 17.9. The molecule has 1 unspecified atom stereocenters. The van der Waals surface area contributed by atoms with Crippen LogP contribution in [0.4, 0.5) is 24.5 Å². The van der Waals surface area contributed by atoms with Gasteiger partial charge in [0.25, 0.3) is 17.7 Å². The van der Waals surface area contributed by atoms with Crippen molar-refractivity contribution in [1.82, 2.24) is 29.9 Å². The molecule has 5 aliphatic rings. The summed E-state index contributed by atoms with van der Waals surface area (Å²) in [4.78, 5) is 71.3. The van der Waals surface area contributed by atoms with Gasteiger partial charge in [-0.15, -0.1) is 0 Å². The fraction of sp³-hybridized carbons (Fsp3) is 0.489. The van der Waals surface area contributed by atoms with Crippen molar-refractivity contribution in [3.63, 3.8) is 0 Å². The van der Waals surface area contributed by atoms with E-state index in [0.717, 1.165) is 93.4 Å². The molecule has 2 aliphatic carbocycles. The van der Waals surface area contributed by atoms with Gasteiger partial charge in [0.05, 0.1) is 34.5 Å². The Balaban J connectivity index is 0.762. The zero-order chi connectivity index (χ0) is 43.5. The van der Waals surface area contributed by atoms with Crippen molar-refractivity contribution in [2.24, 2.45) is 11.3 Å². The van der Waals surface area contributed by atoms with E-state index in [0.29, 0.717) is 34.1 Å². The first-order valence-electron chi connectivity index (χ1n) is 21.5. The summed E-state index contributed by atoms with van der Waals surface area (Å²) in [5, 5.41) is 14.2. The molecule has 0 radical (unpaired) electrons. The Morgan fingerprint density at radius 1 is 0.952 bits per heavy atom. The number of piperidine rings is 2. The molecule has 5 amide bonds. The van der Waals surface area contributed by atoms with Crippen LogP contribution in [0.2, 0.25) is 0 Å². The van der Waals surface area contributed by atoms with Crippen LogP contribution in [0, 0.1) is 11.3 Å². The molecule has 4 fully saturated rings. The van der Waals surface area contributed by atoms with Gasteiger partial charge in [0.15, 0.2) is 0 Å². The summed E-state index contributed by atoms with van der Waals surface area (Å²) in [6.07, 6.45) is 5.54. The Bertz CT molecular complexity index is 2440. The Hall–Kier alpha value is -5.84. The van der Waals surface area contributed by atoms with E-state index in [1.807, 2.05) is 30.8 Å². The van der Waals surface area contributed by atoms with Crippen LogP contribution < -0.4 is 20.7 Å². The van der Waals surface area contributed by atoms with Crippen molar-refractivity contribution in [3.05, 3.63) is 77.2 Å². The van der Waals surface area contributed by atoms with Gasteiger partial charge in [-0.05, 0) is 126 Å². The van der Waals surface area contributed by atoms with E-state index in [2.05, 4.69) is 25.8 Å². The molecule has 3 aliphatic heterocycles. The Labute approximate surface area is 355 Å². The second-order valence-corrected chi connectivity index (χ2v) is 17.9. The first kappa shape index (κ1) is 41.5. The average molecular weight is 855 g/mol. The fourth-order valence-corrected chi connectivity index (χ4v) is 10.1. The van der Waals surface area contributed by atoms with Crippen LogP contribution in [0.1, 0.15) is 121 Å². The molecular formula is C45H49F3N8O6. The number of benzene rings is 2. The van der Waals surface area contributed by atoms with Crippen LogP contribution in [-0.4, -0.2) is 91.9 Å². The third kappa shape index (κ3) is 8.14. The maximum atomic E-state index is 13.6. The van der Waals surface area contributed by atoms with Crippen molar-refractivity contribution >= 4 is 51.8 Å². The molecule has 5 heterocycles. The highest BCUT2D eigenvalue weighted by atomic mass is 19.4. The Morgan fingerprint density at radius 2 is 1.69 bits per heavy atom. The minimum Gasteiger partial charge on any atom is -0.489 e. The van der Waals surface area contributed by atoms with Gasteiger partial charge in [-0.1, -0.05) is 12.1 Å². The first-order valence-corrected chi connectivity index (χ1v) is 21.5. The number of anilines is 2. The van der Waals surface area contributed by atoms with Crippen molar-refractivity contribution in [3.8, 4) is 5.75 Å². The molecule has 14 nitrogen and oxygen atoms in total. The number of nitrogens with one attached hydrogen (secondary N) is 3. The van der Waals surface area contributed by atoms with Gasteiger partial charge >= 0.3 is 6.18 Å². The van der Waals surface area contributed by atoms with Gasteiger partial charge in [0.2, 0.25) is 11.8 Å². The van der Waals surface area contributed by atoms with E-state index in [-0.39, 0.29) is 47.7 Å². The number of carbonyl (C=O) groups excluding carboxylic acids is 5. The summed E-state index contributed by atoms with van der Waals surface area (Å²) in [5.74, 6) is -1.86. The van der Waals surface area contributed by atoms with Crippen molar-refractivity contribution in [1.29, 1.82) is 0 Å². The highest BCUT2D eigenvalue weighted by Crippen LogP contribution is 2.51. The minimum atomic E-state index is -4.68. The van der Waals surface area contributed by atoms with Crippen LogP contribution in [0.3, 0.4) is 0 Å². The van der Waals surface area contributed by atoms with E-state index < -0.39 is 47.4 Å². The number of fused-ring (bicyclic) bond motifs is 2. The molecule has 326 valence electrons. The molecule has 9 rings (SSSR count). The number of imide groups is 2. The maximum Gasteiger partial charge on any atom is 0.433 e. The van der Waals surface area contributed by atoms with Crippen molar-refractivity contribution in [2.75, 3.05) is 30.3 Å². The average Bonchev–Trinajstić information content (AvgIpc) is 3.75. The summed E-state index contributed by atoms with van der Waals surface area (Å²) in [6.45, 7) is 6.83. The second kappa shape index (κ2) is 16.1. The molecule has 0 bridgehead atoms. The Morgan fingerprint density at radius 3 is 2.40 bits per heavy atom. The van der Waals surface area contributed by atoms with Crippen molar-refractivity contribution < 1.29 is 41.9 Å². The number of likely N-dealkylation sites (tertiary alicyclic amines) is 1. The van der Waals surface area contributed by atoms with Crippen LogP contribution in [0.5, 0.6) is 5.75 Å². The van der Waals surface area contributed by atoms with Gasteiger partial charge in [-0.2, -0.15) is 18.3 Å². The fourth-order valence-electron chi connectivity index (χ4n) is 10.1. The van der Waals surface area contributed by atoms with E-state index in [1.165, 1.54) is 6.07 Å². The zero-order valence-corrected chi connectivity index (χ0v) is 34.6. The molecule has 17 heteroatoms. The van der Waals surface area contributed by atoms with Crippen molar-refractivity contribution in [2.45, 2.75) is 108 Å². The predicted octanol–water partition coefficient (Wildman–Crippen LogP) is 6.98. The monoisotopic (exact) mass is 854 g/mol. The largest absolute Gasteiger partial charge is 0.489 e.